The van der Waals surface area contributed by atoms with Crippen molar-refractivity contribution in [2.45, 2.75) is 39.2 Å². The molecule has 2 N–H and O–H groups in total. The minimum Gasteiger partial charge on any atom is -0.372 e. The highest BCUT2D eigenvalue weighted by Gasteiger charge is 2.10. The van der Waals surface area contributed by atoms with Crippen LogP contribution in [0, 0.1) is 0 Å². The van der Waals surface area contributed by atoms with E-state index in [2.05, 4.69) is 63.6 Å². The number of piperidine rings is 1. The molecule has 0 amide bonds. The van der Waals surface area contributed by atoms with Crippen LogP contribution in [0.15, 0.2) is 36.5 Å². The fraction of sp³-hybridized carbons (Fsp3) is 0.444. The molecule has 0 aliphatic carbocycles. The molecule has 0 unspecified atom stereocenters. The van der Waals surface area contributed by atoms with Crippen LogP contribution >= 0.6 is 0 Å². The Bertz CT molecular complexity index is 618. The summed E-state index contributed by atoms with van der Waals surface area (Å²) in [6.45, 7) is 6.48. The summed E-state index contributed by atoms with van der Waals surface area (Å²) in [5, 5.41) is 6.55. The van der Waals surface area contributed by atoms with E-state index in [9.17, 15) is 0 Å². The molecule has 0 bridgehead atoms. The Kier molecular flexibility index (Phi) is 4.95. The highest BCUT2D eigenvalue weighted by atomic mass is 15.1. The van der Waals surface area contributed by atoms with Gasteiger partial charge in [0.1, 0.15) is 5.82 Å². The Morgan fingerprint density at radius 2 is 1.74 bits per heavy atom. The summed E-state index contributed by atoms with van der Waals surface area (Å²) in [6.07, 6.45) is 5.72. The maximum Gasteiger partial charge on any atom is 0.224 e. The Hall–Kier alpha value is -2.30. The van der Waals surface area contributed by atoms with Crippen molar-refractivity contribution in [1.29, 1.82) is 0 Å². The molecule has 0 radical (unpaired) electrons. The lowest BCUT2D eigenvalue weighted by Crippen LogP contribution is -2.29. The number of hydrogen-bond acceptors (Lipinski definition) is 5. The summed E-state index contributed by atoms with van der Waals surface area (Å²) in [5.74, 6) is 1.45. The average Bonchev–Trinajstić information content (AvgIpc) is 2.56. The SMILES string of the molecule is CC(C)Nc1nccc(Nc2ccc(N3CCCCC3)cc2)n1. The normalized spacial score (nSPS) is 14.8. The third kappa shape index (κ3) is 4.34. The standard InChI is InChI=1S/C18H25N5/c1-14(2)20-18-19-11-10-17(22-18)21-15-6-8-16(9-7-15)23-12-4-3-5-13-23/h6-11,14H,3-5,12-13H2,1-2H3,(H2,19,20,21,22). The summed E-state index contributed by atoms with van der Waals surface area (Å²) in [6, 6.07) is 10.8. The van der Waals surface area contributed by atoms with Crippen LogP contribution in [0.2, 0.25) is 0 Å². The quantitative estimate of drug-likeness (QED) is 0.873. The van der Waals surface area contributed by atoms with E-state index in [4.69, 9.17) is 0 Å². The summed E-state index contributed by atoms with van der Waals surface area (Å²) >= 11 is 0. The number of rotatable bonds is 5. The molecule has 1 aromatic carbocycles. The van der Waals surface area contributed by atoms with Gasteiger partial charge in [0, 0.05) is 36.7 Å². The Morgan fingerprint density at radius 3 is 2.43 bits per heavy atom. The molecular weight excluding hydrogens is 286 g/mol. The molecule has 23 heavy (non-hydrogen) atoms. The first kappa shape index (κ1) is 15.6. The zero-order valence-corrected chi connectivity index (χ0v) is 13.9. The predicted octanol–water partition coefficient (Wildman–Crippen LogP) is 4.03. The first-order valence-corrected chi connectivity index (χ1v) is 8.42. The van der Waals surface area contributed by atoms with E-state index in [1.807, 2.05) is 6.07 Å². The molecule has 2 aromatic rings. The first-order chi connectivity index (χ1) is 11.2. The van der Waals surface area contributed by atoms with E-state index >= 15 is 0 Å². The van der Waals surface area contributed by atoms with Crippen LogP contribution in [-0.4, -0.2) is 29.1 Å². The Morgan fingerprint density at radius 1 is 1.00 bits per heavy atom. The second-order valence-electron chi connectivity index (χ2n) is 6.28. The van der Waals surface area contributed by atoms with E-state index in [0.29, 0.717) is 12.0 Å². The highest BCUT2D eigenvalue weighted by Crippen LogP contribution is 2.23. The van der Waals surface area contributed by atoms with Gasteiger partial charge in [-0.2, -0.15) is 4.98 Å². The van der Waals surface area contributed by atoms with Crippen LogP contribution in [-0.2, 0) is 0 Å². The molecule has 1 fully saturated rings. The van der Waals surface area contributed by atoms with Crippen LogP contribution in [0.3, 0.4) is 0 Å². The van der Waals surface area contributed by atoms with Gasteiger partial charge in [-0.3, -0.25) is 0 Å². The van der Waals surface area contributed by atoms with Gasteiger partial charge in [-0.25, -0.2) is 4.98 Å². The van der Waals surface area contributed by atoms with Gasteiger partial charge >= 0.3 is 0 Å². The molecule has 0 spiro atoms. The van der Waals surface area contributed by atoms with Gasteiger partial charge < -0.3 is 15.5 Å². The van der Waals surface area contributed by atoms with Crippen LogP contribution in [0.5, 0.6) is 0 Å². The lowest BCUT2D eigenvalue weighted by molar-refractivity contribution is 0.578. The number of hydrogen-bond donors (Lipinski definition) is 2. The van der Waals surface area contributed by atoms with Crippen LogP contribution < -0.4 is 15.5 Å². The molecule has 1 aliphatic heterocycles. The van der Waals surface area contributed by atoms with Crippen molar-refractivity contribution in [3.63, 3.8) is 0 Å². The molecule has 2 heterocycles. The van der Waals surface area contributed by atoms with Crippen molar-refractivity contribution in [2.75, 3.05) is 28.6 Å². The van der Waals surface area contributed by atoms with E-state index in [0.717, 1.165) is 11.5 Å². The molecule has 1 aliphatic rings. The third-order valence-corrected chi connectivity index (χ3v) is 3.93. The van der Waals surface area contributed by atoms with Crippen LogP contribution in [0.1, 0.15) is 33.1 Å². The summed E-state index contributed by atoms with van der Waals surface area (Å²) in [4.78, 5) is 11.2. The van der Waals surface area contributed by atoms with Crippen molar-refractivity contribution in [1.82, 2.24) is 9.97 Å². The van der Waals surface area contributed by atoms with Crippen molar-refractivity contribution in [3.8, 4) is 0 Å². The van der Waals surface area contributed by atoms with Crippen LogP contribution in [0.25, 0.3) is 0 Å². The average molecular weight is 311 g/mol. The second kappa shape index (κ2) is 7.31. The van der Waals surface area contributed by atoms with Crippen LogP contribution in [0.4, 0.5) is 23.1 Å². The molecule has 1 saturated heterocycles. The van der Waals surface area contributed by atoms with E-state index < -0.39 is 0 Å². The van der Waals surface area contributed by atoms with Gasteiger partial charge in [0.15, 0.2) is 0 Å². The first-order valence-electron chi connectivity index (χ1n) is 8.42. The van der Waals surface area contributed by atoms with Crippen molar-refractivity contribution >= 4 is 23.1 Å². The van der Waals surface area contributed by atoms with Gasteiger partial charge in [-0.15, -0.1) is 0 Å². The molecule has 1 aromatic heterocycles. The molecule has 122 valence electrons. The summed E-state index contributed by atoms with van der Waals surface area (Å²) in [7, 11) is 0. The molecule has 5 heteroatoms. The number of aromatic nitrogens is 2. The number of nitrogens with one attached hydrogen (secondary N) is 2. The van der Waals surface area contributed by atoms with E-state index in [1.54, 1.807) is 6.20 Å². The molecule has 0 saturated carbocycles. The smallest absolute Gasteiger partial charge is 0.224 e. The Labute approximate surface area is 138 Å². The largest absolute Gasteiger partial charge is 0.372 e. The maximum atomic E-state index is 4.48. The zero-order valence-electron chi connectivity index (χ0n) is 13.9. The predicted molar refractivity (Wildman–Crippen MR) is 96.6 cm³/mol. The van der Waals surface area contributed by atoms with Gasteiger partial charge in [0.2, 0.25) is 5.95 Å². The fourth-order valence-electron chi connectivity index (χ4n) is 2.81. The summed E-state index contributed by atoms with van der Waals surface area (Å²) in [5.41, 5.74) is 2.35. The minimum atomic E-state index is 0.314. The lowest BCUT2D eigenvalue weighted by atomic mass is 10.1. The highest BCUT2D eigenvalue weighted by molar-refractivity contribution is 5.61. The fourth-order valence-corrected chi connectivity index (χ4v) is 2.81. The molecule has 0 atom stereocenters. The van der Waals surface area contributed by atoms with Gasteiger partial charge in [-0.05, 0) is 63.4 Å². The van der Waals surface area contributed by atoms with Crippen molar-refractivity contribution in [3.05, 3.63) is 36.5 Å². The van der Waals surface area contributed by atoms with Gasteiger partial charge in [0.25, 0.3) is 0 Å². The zero-order chi connectivity index (χ0) is 16.1. The van der Waals surface area contributed by atoms with Gasteiger partial charge in [0.05, 0.1) is 0 Å². The molecular formula is C18H25N5. The monoisotopic (exact) mass is 311 g/mol. The number of anilines is 4. The topological polar surface area (TPSA) is 53.1 Å². The van der Waals surface area contributed by atoms with Crippen molar-refractivity contribution < 1.29 is 0 Å². The van der Waals surface area contributed by atoms with Gasteiger partial charge in [-0.1, -0.05) is 0 Å². The third-order valence-electron chi connectivity index (χ3n) is 3.93. The van der Waals surface area contributed by atoms with E-state index in [1.165, 1.54) is 38.0 Å². The summed E-state index contributed by atoms with van der Waals surface area (Å²) < 4.78 is 0. The van der Waals surface area contributed by atoms with Crippen molar-refractivity contribution in [2.24, 2.45) is 0 Å². The minimum absolute atomic E-state index is 0.314. The van der Waals surface area contributed by atoms with E-state index in [-0.39, 0.29) is 0 Å². The maximum absolute atomic E-state index is 4.48. The second-order valence-corrected chi connectivity index (χ2v) is 6.28. The molecule has 3 rings (SSSR count). The Balaban J connectivity index is 1.66. The number of benzene rings is 1. The lowest BCUT2D eigenvalue weighted by Gasteiger charge is -2.28. The molecule has 5 nitrogen and oxygen atoms in total. The number of nitrogens with zero attached hydrogens (tertiary/aromatic N) is 3.